The van der Waals surface area contributed by atoms with Crippen LogP contribution in [0, 0.1) is 19.7 Å². The van der Waals surface area contributed by atoms with Gasteiger partial charge in [-0.05, 0) is 59.8 Å². The van der Waals surface area contributed by atoms with Crippen molar-refractivity contribution in [2.24, 2.45) is 0 Å². The predicted molar refractivity (Wildman–Crippen MR) is 121 cm³/mol. The van der Waals surface area contributed by atoms with Gasteiger partial charge in [-0.1, -0.05) is 6.08 Å². The Hall–Kier alpha value is -3.49. The number of amides is 1. The van der Waals surface area contributed by atoms with Gasteiger partial charge in [-0.3, -0.25) is 0 Å². The van der Waals surface area contributed by atoms with Gasteiger partial charge in [0.15, 0.2) is 5.82 Å². The van der Waals surface area contributed by atoms with Crippen molar-refractivity contribution in [2.45, 2.75) is 47.1 Å². The van der Waals surface area contributed by atoms with Gasteiger partial charge in [0.25, 0.3) is 0 Å². The molecule has 1 aromatic carbocycles. The van der Waals surface area contributed by atoms with Crippen LogP contribution in [0.25, 0.3) is 22.7 Å². The van der Waals surface area contributed by atoms with Crippen LogP contribution >= 0.6 is 0 Å². The number of hydrogen-bond donors (Lipinski definition) is 1. The van der Waals surface area contributed by atoms with E-state index in [0.717, 1.165) is 11.1 Å². The van der Waals surface area contributed by atoms with E-state index in [1.807, 2.05) is 20.8 Å². The number of rotatable bonds is 6. The standard InChI is InChI=1S/C23H28FN5O3/c1-7-31-16-10-11-19(17(24)13-16)29-15(3)20-14(2)26-27-18(21(20)28-29)9-8-12-25-22(30)32-23(4,5)6/h8-11,13H,7,12H2,1-6H3,(H,25,30)/b9-8+. The summed E-state index contributed by atoms with van der Waals surface area (Å²) >= 11 is 0. The highest BCUT2D eigenvalue weighted by molar-refractivity contribution is 5.89. The molecule has 3 aromatic rings. The van der Waals surface area contributed by atoms with E-state index in [9.17, 15) is 9.18 Å². The summed E-state index contributed by atoms with van der Waals surface area (Å²) in [6.07, 6.45) is 2.94. The molecule has 0 aliphatic heterocycles. The maximum Gasteiger partial charge on any atom is 0.407 e. The summed E-state index contributed by atoms with van der Waals surface area (Å²) < 4.78 is 26.9. The van der Waals surface area contributed by atoms with Crippen molar-refractivity contribution in [1.82, 2.24) is 25.3 Å². The Morgan fingerprint density at radius 1 is 1.25 bits per heavy atom. The van der Waals surface area contributed by atoms with Crippen LogP contribution < -0.4 is 10.1 Å². The highest BCUT2D eigenvalue weighted by Crippen LogP contribution is 2.27. The number of carbonyl (C=O) groups is 1. The number of benzene rings is 1. The lowest BCUT2D eigenvalue weighted by atomic mass is 10.2. The van der Waals surface area contributed by atoms with E-state index >= 15 is 0 Å². The van der Waals surface area contributed by atoms with Gasteiger partial charge < -0.3 is 14.8 Å². The van der Waals surface area contributed by atoms with Gasteiger partial charge in [0.05, 0.1) is 18.0 Å². The molecule has 1 amide bonds. The van der Waals surface area contributed by atoms with Crippen molar-refractivity contribution < 1.29 is 18.7 Å². The molecule has 170 valence electrons. The first kappa shape index (κ1) is 23.2. The number of aromatic nitrogens is 4. The first-order chi connectivity index (χ1) is 15.1. The van der Waals surface area contributed by atoms with Crippen molar-refractivity contribution in [3.05, 3.63) is 47.2 Å². The first-order valence-electron chi connectivity index (χ1n) is 10.4. The van der Waals surface area contributed by atoms with Gasteiger partial charge in [0, 0.05) is 18.0 Å². The molecule has 32 heavy (non-hydrogen) atoms. The minimum atomic E-state index is -0.567. The summed E-state index contributed by atoms with van der Waals surface area (Å²) in [6, 6.07) is 4.69. The first-order valence-corrected chi connectivity index (χ1v) is 10.4. The van der Waals surface area contributed by atoms with E-state index in [1.54, 1.807) is 49.7 Å². The smallest absolute Gasteiger partial charge is 0.407 e. The summed E-state index contributed by atoms with van der Waals surface area (Å²) in [6.45, 7) is 11.6. The molecular formula is C23H28FN5O3. The highest BCUT2D eigenvalue weighted by Gasteiger charge is 2.18. The number of halogens is 1. The number of nitrogens with zero attached hydrogens (tertiary/aromatic N) is 4. The third-order valence-corrected chi connectivity index (χ3v) is 4.53. The van der Waals surface area contributed by atoms with E-state index in [4.69, 9.17) is 9.47 Å². The second kappa shape index (κ2) is 9.33. The average Bonchev–Trinajstić information content (AvgIpc) is 3.04. The largest absolute Gasteiger partial charge is 0.494 e. The maximum absolute atomic E-state index is 14.8. The molecule has 0 aliphatic rings. The third-order valence-electron chi connectivity index (χ3n) is 4.53. The third kappa shape index (κ3) is 5.22. The van der Waals surface area contributed by atoms with Crippen molar-refractivity contribution in [2.75, 3.05) is 13.2 Å². The summed E-state index contributed by atoms with van der Waals surface area (Å²) in [5, 5.41) is 16.5. The molecule has 9 heteroatoms. The molecule has 0 atom stereocenters. The number of alkyl carbamates (subject to hydrolysis) is 1. The van der Waals surface area contributed by atoms with E-state index in [-0.39, 0.29) is 6.54 Å². The Kier molecular flexibility index (Phi) is 6.76. The van der Waals surface area contributed by atoms with Gasteiger partial charge in [-0.15, -0.1) is 5.10 Å². The van der Waals surface area contributed by atoms with E-state index in [2.05, 4.69) is 20.6 Å². The number of carbonyl (C=O) groups excluding carboxylic acids is 1. The molecule has 0 aliphatic carbocycles. The Morgan fingerprint density at radius 3 is 2.66 bits per heavy atom. The monoisotopic (exact) mass is 441 g/mol. The molecule has 1 N–H and O–H groups in total. The second-order valence-corrected chi connectivity index (χ2v) is 8.22. The van der Waals surface area contributed by atoms with Gasteiger partial charge in [0.1, 0.15) is 28.2 Å². The maximum atomic E-state index is 14.8. The fourth-order valence-corrected chi connectivity index (χ4v) is 3.23. The summed E-state index contributed by atoms with van der Waals surface area (Å²) in [5.41, 5.74) is 2.30. The zero-order valence-electron chi connectivity index (χ0n) is 19.2. The molecule has 2 heterocycles. The van der Waals surface area contributed by atoms with Crippen LogP contribution in [0.2, 0.25) is 0 Å². The fraction of sp³-hybridized carbons (Fsp3) is 0.391. The summed E-state index contributed by atoms with van der Waals surface area (Å²) in [4.78, 5) is 11.8. The van der Waals surface area contributed by atoms with Crippen LogP contribution in [0.3, 0.4) is 0 Å². The van der Waals surface area contributed by atoms with Crippen LogP contribution in [-0.2, 0) is 4.74 Å². The Bertz CT molecular complexity index is 1160. The van der Waals surface area contributed by atoms with E-state index in [1.165, 1.54) is 6.07 Å². The van der Waals surface area contributed by atoms with Crippen molar-refractivity contribution >= 4 is 23.1 Å². The molecule has 0 radical (unpaired) electrons. The Labute approximate surface area is 186 Å². The minimum Gasteiger partial charge on any atom is -0.494 e. The van der Waals surface area contributed by atoms with Crippen LogP contribution in [0.4, 0.5) is 9.18 Å². The molecule has 0 fully saturated rings. The van der Waals surface area contributed by atoms with E-state index in [0.29, 0.717) is 34.9 Å². The lowest BCUT2D eigenvalue weighted by molar-refractivity contribution is 0.0534. The molecule has 3 rings (SSSR count). The normalized spacial score (nSPS) is 11.8. The molecule has 8 nitrogen and oxygen atoms in total. The van der Waals surface area contributed by atoms with Crippen molar-refractivity contribution in [3.63, 3.8) is 0 Å². The van der Waals surface area contributed by atoms with Crippen LogP contribution in [0.1, 0.15) is 44.8 Å². The van der Waals surface area contributed by atoms with Gasteiger partial charge in [-0.25, -0.2) is 13.9 Å². The molecule has 0 spiro atoms. The zero-order chi connectivity index (χ0) is 23.5. The Balaban J connectivity index is 1.89. The quantitative estimate of drug-likeness (QED) is 0.605. The predicted octanol–water partition coefficient (Wildman–Crippen LogP) is 4.51. The van der Waals surface area contributed by atoms with E-state index < -0.39 is 17.5 Å². The van der Waals surface area contributed by atoms with Crippen LogP contribution in [0.15, 0.2) is 24.3 Å². The van der Waals surface area contributed by atoms with Crippen LogP contribution in [0.5, 0.6) is 5.75 Å². The lowest BCUT2D eigenvalue weighted by Gasteiger charge is -2.19. The lowest BCUT2D eigenvalue weighted by Crippen LogP contribution is -2.32. The topological polar surface area (TPSA) is 91.2 Å². The number of aryl methyl sites for hydroxylation is 2. The SMILES string of the molecule is CCOc1ccc(-n2nc3c(/C=C/CNC(=O)OC(C)(C)C)nnc(C)c3c2C)c(F)c1. The number of hydrogen-bond acceptors (Lipinski definition) is 6. The van der Waals surface area contributed by atoms with Gasteiger partial charge >= 0.3 is 6.09 Å². The van der Waals surface area contributed by atoms with Gasteiger partial charge in [-0.2, -0.15) is 10.2 Å². The Morgan fingerprint density at radius 2 is 2.00 bits per heavy atom. The van der Waals surface area contributed by atoms with Crippen molar-refractivity contribution in [1.29, 1.82) is 0 Å². The molecule has 2 aromatic heterocycles. The summed E-state index contributed by atoms with van der Waals surface area (Å²) in [5.74, 6) is 0.0211. The molecule has 0 saturated carbocycles. The average molecular weight is 442 g/mol. The van der Waals surface area contributed by atoms with Crippen LogP contribution in [-0.4, -0.2) is 44.8 Å². The highest BCUT2D eigenvalue weighted by atomic mass is 19.1. The zero-order valence-corrected chi connectivity index (χ0v) is 19.2. The molecule has 0 bridgehead atoms. The van der Waals surface area contributed by atoms with Gasteiger partial charge in [0.2, 0.25) is 0 Å². The fourth-order valence-electron chi connectivity index (χ4n) is 3.23. The summed E-state index contributed by atoms with van der Waals surface area (Å²) in [7, 11) is 0. The number of fused-ring (bicyclic) bond motifs is 1. The molecule has 0 unspecified atom stereocenters. The van der Waals surface area contributed by atoms with Crippen molar-refractivity contribution in [3.8, 4) is 11.4 Å². The number of nitrogens with one attached hydrogen (secondary N) is 1. The molecular weight excluding hydrogens is 413 g/mol. The second-order valence-electron chi connectivity index (χ2n) is 8.22. The minimum absolute atomic E-state index is 0.249. The number of ether oxygens (including phenoxy) is 2. The molecule has 0 saturated heterocycles.